The summed E-state index contributed by atoms with van der Waals surface area (Å²) in [6, 6.07) is 7.62. The fourth-order valence-electron chi connectivity index (χ4n) is 4.19. The summed E-state index contributed by atoms with van der Waals surface area (Å²) in [5.41, 5.74) is 1.58. The average molecular weight is 378 g/mol. The van der Waals surface area contributed by atoms with E-state index in [0.29, 0.717) is 5.56 Å². The standard InChI is InChI=1S/C25H31NO2/c1-24(2)17-22(18-25(3,4)26-24)28-23(27)21-15-13-20(14-16-21)12-11-19-9-7-5-6-8-10-19/h5-16,19,22,26H,17-18H2,1-4H3/b12-11+. The number of nitrogens with one attached hydrogen (secondary N) is 1. The minimum absolute atomic E-state index is 0.0439. The first-order valence-corrected chi connectivity index (χ1v) is 10.0. The van der Waals surface area contributed by atoms with E-state index in [-0.39, 0.29) is 29.1 Å². The van der Waals surface area contributed by atoms with Crippen molar-refractivity contribution < 1.29 is 9.53 Å². The third kappa shape index (κ3) is 5.80. The van der Waals surface area contributed by atoms with Crippen molar-refractivity contribution in [2.45, 2.75) is 57.7 Å². The first-order chi connectivity index (χ1) is 13.2. The van der Waals surface area contributed by atoms with Gasteiger partial charge in [-0.05, 0) is 45.4 Å². The van der Waals surface area contributed by atoms with Crippen molar-refractivity contribution in [3.63, 3.8) is 0 Å². The summed E-state index contributed by atoms with van der Waals surface area (Å²) in [6.45, 7) is 8.63. The average Bonchev–Trinajstić information content (AvgIpc) is 2.86. The summed E-state index contributed by atoms with van der Waals surface area (Å²) in [5, 5.41) is 3.61. The van der Waals surface area contributed by atoms with Crippen LogP contribution in [0.4, 0.5) is 0 Å². The van der Waals surface area contributed by atoms with Crippen LogP contribution < -0.4 is 5.32 Å². The van der Waals surface area contributed by atoms with Gasteiger partial charge in [-0.1, -0.05) is 60.7 Å². The van der Waals surface area contributed by atoms with Crippen LogP contribution >= 0.6 is 0 Å². The highest BCUT2D eigenvalue weighted by Gasteiger charge is 2.39. The molecule has 28 heavy (non-hydrogen) atoms. The maximum atomic E-state index is 12.6. The second-order valence-electron chi connectivity index (χ2n) is 9.04. The van der Waals surface area contributed by atoms with E-state index in [1.807, 2.05) is 36.4 Å². The molecule has 0 aromatic heterocycles. The monoisotopic (exact) mass is 377 g/mol. The second-order valence-corrected chi connectivity index (χ2v) is 9.04. The molecule has 2 aliphatic rings. The van der Waals surface area contributed by atoms with Gasteiger partial charge < -0.3 is 10.1 Å². The minimum Gasteiger partial charge on any atom is -0.459 e. The molecule has 0 radical (unpaired) electrons. The number of carbonyl (C=O) groups is 1. The highest BCUT2D eigenvalue weighted by atomic mass is 16.5. The first-order valence-electron chi connectivity index (χ1n) is 10.0. The smallest absolute Gasteiger partial charge is 0.338 e. The van der Waals surface area contributed by atoms with E-state index in [1.165, 1.54) is 0 Å². The number of benzene rings is 1. The van der Waals surface area contributed by atoms with E-state index in [9.17, 15) is 4.79 Å². The van der Waals surface area contributed by atoms with Crippen molar-refractivity contribution in [2.24, 2.45) is 5.92 Å². The van der Waals surface area contributed by atoms with Gasteiger partial charge in [0.1, 0.15) is 6.10 Å². The number of hydrogen-bond donors (Lipinski definition) is 1. The Morgan fingerprint density at radius 1 is 0.964 bits per heavy atom. The van der Waals surface area contributed by atoms with E-state index in [2.05, 4.69) is 69.5 Å². The second kappa shape index (κ2) is 8.32. The molecule has 3 rings (SSSR count). The van der Waals surface area contributed by atoms with Crippen molar-refractivity contribution in [3.8, 4) is 0 Å². The number of carbonyl (C=O) groups excluding carboxylic acids is 1. The number of allylic oxidation sites excluding steroid dienone is 7. The molecule has 1 aliphatic carbocycles. The molecule has 1 aliphatic heterocycles. The molecule has 1 N–H and O–H groups in total. The molecule has 0 atom stereocenters. The highest BCUT2D eigenvalue weighted by molar-refractivity contribution is 5.89. The van der Waals surface area contributed by atoms with E-state index in [0.717, 1.165) is 18.4 Å². The molecule has 0 amide bonds. The third-order valence-corrected chi connectivity index (χ3v) is 5.08. The lowest BCUT2D eigenvalue weighted by molar-refractivity contribution is -0.00637. The van der Waals surface area contributed by atoms with E-state index >= 15 is 0 Å². The van der Waals surface area contributed by atoms with Crippen molar-refractivity contribution in [2.75, 3.05) is 0 Å². The predicted octanol–water partition coefficient (Wildman–Crippen LogP) is 5.46. The van der Waals surface area contributed by atoms with Gasteiger partial charge >= 0.3 is 5.97 Å². The summed E-state index contributed by atoms with van der Waals surface area (Å²) in [6.07, 6.45) is 18.2. The predicted molar refractivity (Wildman–Crippen MR) is 116 cm³/mol. The van der Waals surface area contributed by atoms with Crippen LogP contribution in [0.2, 0.25) is 0 Å². The number of rotatable bonds is 4. The molecular weight excluding hydrogens is 346 g/mol. The van der Waals surface area contributed by atoms with Crippen LogP contribution in [0.3, 0.4) is 0 Å². The maximum Gasteiger partial charge on any atom is 0.338 e. The van der Waals surface area contributed by atoms with Crippen LogP contribution in [-0.4, -0.2) is 23.2 Å². The van der Waals surface area contributed by atoms with E-state index < -0.39 is 0 Å². The number of hydrogen-bond acceptors (Lipinski definition) is 3. The normalized spacial score (nSPS) is 21.7. The van der Waals surface area contributed by atoms with Crippen LogP contribution in [0.15, 0.2) is 66.8 Å². The summed E-state index contributed by atoms with van der Waals surface area (Å²) < 4.78 is 5.84. The Morgan fingerprint density at radius 3 is 2.11 bits per heavy atom. The third-order valence-electron chi connectivity index (χ3n) is 5.08. The SMILES string of the molecule is CC1(C)CC(OC(=O)c2ccc(/C=C/C3C=CC=CC=C3)cc2)CC(C)(C)N1. The number of ether oxygens (including phenoxy) is 1. The molecule has 3 heteroatoms. The van der Waals surface area contributed by atoms with Gasteiger partial charge in [-0.2, -0.15) is 0 Å². The molecule has 0 bridgehead atoms. The van der Waals surface area contributed by atoms with Gasteiger partial charge in [0.05, 0.1) is 5.56 Å². The van der Waals surface area contributed by atoms with Gasteiger partial charge in [0.15, 0.2) is 0 Å². The molecule has 148 valence electrons. The topological polar surface area (TPSA) is 38.3 Å². The fourth-order valence-corrected chi connectivity index (χ4v) is 4.19. The molecule has 1 saturated heterocycles. The summed E-state index contributed by atoms with van der Waals surface area (Å²) >= 11 is 0. The quantitative estimate of drug-likeness (QED) is 0.708. The lowest BCUT2D eigenvalue weighted by atomic mass is 9.81. The van der Waals surface area contributed by atoms with Crippen LogP contribution in [0.1, 0.15) is 56.5 Å². The summed E-state index contributed by atoms with van der Waals surface area (Å²) in [5.74, 6) is 0.0426. The zero-order chi connectivity index (χ0) is 20.2. The largest absolute Gasteiger partial charge is 0.459 e. The Bertz CT molecular complexity index is 777. The van der Waals surface area contributed by atoms with Crippen molar-refractivity contribution in [3.05, 3.63) is 77.9 Å². The van der Waals surface area contributed by atoms with Gasteiger partial charge in [-0.3, -0.25) is 0 Å². The molecule has 0 spiro atoms. The van der Waals surface area contributed by atoms with Gasteiger partial charge in [0.2, 0.25) is 0 Å². The van der Waals surface area contributed by atoms with E-state index in [4.69, 9.17) is 4.74 Å². The summed E-state index contributed by atoms with van der Waals surface area (Å²) in [4.78, 5) is 12.6. The van der Waals surface area contributed by atoms with Gasteiger partial charge in [0, 0.05) is 29.8 Å². The Kier molecular flexibility index (Phi) is 6.04. The molecule has 0 unspecified atom stereocenters. The minimum atomic E-state index is -0.241. The lowest BCUT2D eigenvalue weighted by Crippen LogP contribution is -2.59. The molecule has 1 aromatic rings. The summed E-state index contributed by atoms with van der Waals surface area (Å²) in [7, 11) is 0. The molecule has 1 heterocycles. The van der Waals surface area contributed by atoms with E-state index in [1.54, 1.807) is 0 Å². The Labute approximate surface area is 168 Å². The zero-order valence-corrected chi connectivity index (χ0v) is 17.3. The zero-order valence-electron chi connectivity index (χ0n) is 17.3. The number of esters is 1. The molecule has 0 saturated carbocycles. The highest BCUT2D eigenvalue weighted by Crippen LogP contribution is 2.30. The van der Waals surface area contributed by atoms with Gasteiger partial charge in [0.25, 0.3) is 0 Å². The first kappa shape index (κ1) is 20.3. The molecule has 1 aromatic carbocycles. The van der Waals surface area contributed by atoms with Crippen molar-refractivity contribution in [1.82, 2.24) is 5.32 Å². The Morgan fingerprint density at radius 2 is 1.54 bits per heavy atom. The lowest BCUT2D eigenvalue weighted by Gasteiger charge is -2.45. The molecule has 1 fully saturated rings. The number of piperidine rings is 1. The molecular formula is C25H31NO2. The van der Waals surface area contributed by atoms with Crippen LogP contribution in [0.5, 0.6) is 0 Å². The Balaban J connectivity index is 1.61. The van der Waals surface area contributed by atoms with Crippen molar-refractivity contribution >= 4 is 12.0 Å². The van der Waals surface area contributed by atoms with Crippen molar-refractivity contribution in [1.29, 1.82) is 0 Å². The van der Waals surface area contributed by atoms with Gasteiger partial charge in [-0.15, -0.1) is 0 Å². The van der Waals surface area contributed by atoms with Crippen LogP contribution in [0, 0.1) is 5.92 Å². The maximum absolute atomic E-state index is 12.6. The van der Waals surface area contributed by atoms with Gasteiger partial charge in [-0.25, -0.2) is 4.79 Å². The fraction of sp³-hybridized carbons (Fsp3) is 0.400. The van der Waals surface area contributed by atoms with Crippen LogP contribution in [-0.2, 0) is 4.74 Å². The Hall–Kier alpha value is -2.39. The van der Waals surface area contributed by atoms with Crippen LogP contribution in [0.25, 0.3) is 6.08 Å². The molecule has 3 nitrogen and oxygen atoms in total.